The first-order valence-electron chi connectivity index (χ1n) is 9.02. The van der Waals surface area contributed by atoms with Gasteiger partial charge in [-0.1, -0.05) is 33.6 Å². The quantitative estimate of drug-likeness (QED) is 0.246. The molecule has 3 aromatic carbocycles. The monoisotopic (exact) mass is 466 g/mol. The number of carbonyl (C=O) groups excluding carboxylic acids is 2. The number of esters is 1. The van der Waals surface area contributed by atoms with E-state index >= 15 is 0 Å². The number of ether oxygens (including phenoxy) is 2. The van der Waals surface area contributed by atoms with E-state index in [4.69, 9.17) is 9.47 Å². The molecule has 0 spiro atoms. The molecule has 6 nitrogen and oxygen atoms in total. The highest BCUT2D eigenvalue weighted by Gasteiger charge is 2.12. The molecule has 0 radical (unpaired) electrons. The van der Waals surface area contributed by atoms with Gasteiger partial charge in [0.25, 0.3) is 5.91 Å². The minimum absolute atomic E-state index is 0.312. The number of methoxy groups -OCH3 is 1. The third-order valence-corrected chi connectivity index (χ3v) is 4.68. The number of aryl methyl sites for hydroxylation is 1. The molecule has 0 fully saturated rings. The fourth-order valence-electron chi connectivity index (χ4n) is 2.53. The predicted molar refractivity (Wildman–Crippen MR) is 118 cm³/mol. The number of nitrogens with zero attached hydrogens (tertiary/aromatic N) is 1. The number of amides is 1. The molecule has 0 aliphatic rings. The molecule has 152 valence electrons. The molecule has 0 aromatic heterocycles. The van der Waals surface area contributed by atoms with Crippen molar-refractivity contribution in [3.8, 4) is 11.5 Å². The van der Waals surface area contributed by atoms with Crippen molar-refractivity contribution in [3.63, 3.8) is 0 Å². The van der Waals surface area contributed by atoms with Crippen LogP contribution in [0.1, 0.15) is 31.8 Å². The Bertz CT molecular complexity index is 1080. The van der Waals surface area contributed by atoms with Gasteiger partial charge in [0, 0.05) is 15.6 Å². The first-order valence-corrected chi connectivity index (χ1v) is 9.81. The molecule has 0 heterocycles. The number of hydrazone groups is 1. The highest BCUT2D eigenvalue weighted by molar-refractivity contribution is 9.10. The Hall–Kier alpha value is -3.45. The van der Waals surface area contributed by atoms with Crippen LogP contribution in [0.2, 0.25) is 0 Å². The molecule has 0 saturated heterocycles. The summed E-state index contributed by atoms with van der Waals surface area (Å²) in [5.74, 6) is 0.107. The number of rotatable bonds is 6. The number of hydrogen-bond donors (Lipinski definition) is 1. The van der Waals surface area contributed by atoms with Gasteiger partial charge >= 0.3 is 5.97 Å². The molecule has 0 atom stereocenters. The minimum atomic E-state index is -0.515. The van der Waals surface area contributed by atoms with Gasteiger partial charge in [-0.3, -0.25) is 4.79 Å². The fourth-order valence-corrected chi connectivity index (χ4v) is 2.91. The van der Waals surface area contributed by atoms with Crippen LogP contribution in [0.5, 0.6) is 11.5 Å². The average Bonchev–Trinajstić information content (AvgIpc) is 2.76. The van der Waals surface area contributed by atoms with Crippen LogP contribution in [0.4, 0.5) is 0 Å². The molecule has 0 saturated carbocycles. The molecular formula is C23H19BrN2O4. The van der Waals surface area contributed by atoms with E-state index in [0.717, 1.165) is 10.0 Å². The van der Waals surface area contributed by atoms with E-state index in [1.807, 2.05) is 19.1 Å². The summed E-state index contributed by atoms with van der Waals surface area (Å²) >= 11 is 3.38. The van der Waals surface area contributed by atoms with Crippen LogP contribution >= 0.6 is 15.9 Å². The lowest BCUT2D eigenvalue weighted by molar-refractivity contribution is 0.0734. The highest BCUT2D eigenvalue weighted by atomic mass is 79.9. The second kappa shape index (κ2) is 9.84. The van der Waals surface area contributed by atoms with E-state index in [1.165, 1.54) is 6.21 Å². The van der Waals surface area contributed by atoms with Crippen molar-refractivity contribution >= 4 is 34.0 Å². The summed E-state index contributed by atoms with van der Waals surface area (Å²) in [6.45, 7) is 1.95. The molecule has 1 amide bonds. The Morgan fingerprint density at radius 3 is 2.30 bits per heavy atom. The summed E-state index contributed by atoms with van der Waals surface area (Å²) in [7, 11) is 1.55. The third-order valence-electron chi connectivity index (χ3n) is 4.18. The van der Waals surface area contributed by atoms with Crippen LogP contribution in [-0.2, 0) is 0 Å². The summed E-state index contributed by atoms with van der Waals surface area (Å²) < 4.78 is 11.4. The van der Waals surface area contributed by atoms with Crippen molar-refractivity contribution in [2.45, 2.75) is 6.92 Å². The van der Waals surface area contributed by atoms with Gasteiger partial charge in [-0.15, -0.1) is 0 Å². The Balaban J connectivity index is 1.72. The zero-order valence-corrected chi connectivity index (χ0v) is 18.0. The van der Waals surface area contributed by atoms with Gasteiger partial charge < -0.3 is 9.47 Å². The summed E-state index contributed by atoms with van der Waals surface area (Å²) in [6.07, 6.45) is 1.42. The number of carbonyl (C=O) groups is 2. The van der Waals surface area contributed by atoms with Crippen LogP contribution < -0.4 is 14.9 Å². The Morgan fingerprint density at radius 1 is 0.967 bits per heavy atom. The van der Waals surface area contributed by atoms with Gasteiger partial charge in [-0.2, -0.15) is 5.10 Å². The van der Waals surface area contributed by atoms with E-state index in [-0.39, 0.29) is 5.91 Å². The van der Waals surface area contributed by atoms with Crippen molar-refractivity contribution in [2.75, 3.05) is 7.11 Å². The van der Waals surface area contributed by atoms with Crippen LogP contribution in [0.15, 0.2) is 76.3 Å². The van der Waals surface area contributed by atoms with Crippen molar-refractivity contribution in [1.82, 2.24) is 5.43 Å². The average molecular weight is 467 g/mol. The maximum absolute atomic E-state index is 12.5. The molecule has 3 rings (SSSR count). The van der Waals surface area contributed by atoms with E-state index in [2.05, 4.69) is 26.5 Å². The maximum Gasteiger partial charge on any atom is 0.343 e. The molecule has 1 N–H and O–H groups in total. The standard InChI is InChI=1S/C23H19BrN2O4/c1-15-3-5-16(6-4-15)22(27)26-25-14-18-13-19(24)9-12-21(18)30-23(28)17-7-10-20(29-2)11-8-17/h3-14H,1-2H3,(H,26,27)/b25-14+. The van der Waals surface area contributed by atoms with E-state index in [9.17, 15) is 9.59 Å². The molecule has 3 aromatic rings. The molecule has 0 bridgehead atoms. The molecular weight excluding hydrogens is 448 g/mol. The van der Waals surface area contributed by atoms with Crippen molar-refractivity contribution in [3.05, 3.63) is 93.5 Å². The summed E-state index contributed by atoms with van der Waals surface area (Å²) in [4.78, 5) is 24.6. The zero-order chi connectivity index (χ0) is 21.5. The smallest absolute Gasteiger partial charge is 0.343 e. The molecule has 0 aliphatic carbocycles. The van der Waals surface area contributed by atoms with Crippen molar-refractivity contribution < 1.29 is 19.1 Å². The summed E-state index contributed by atoms with van der Waals surface area (Å²) in [5, 5.41) is 3.99. The minimum Gasteiger partial charge on any atom is -0.497 e. The second-order valence-electron chi connectivity index (χ2n) is 6.37. The Morgan fingerprint density at radius 2 is 1.63 bits per heavy atom. The molecule has 0 aliphatic heterocycles. The van der Waals surface area contributed by atoms with Gasteiger partial charge in [0.2, 0.25) is 0 Å². The maximum atomic E-state index is 12.5. The van der Waals surface area contributed by atoms with E-state index in [1.54, 1.807) is 61.7 Å². The normalized spacial score (nSPS) is 10.6. The van der Waals surface area contributed by atoms with Gasteiger partial charge in [-0.25, -0.2) is 10.2 Å². The fraction of sp³-hybridized carbons (Fsp3) is 0.0870. The van der Waals surface area contributed by atoms with E-state index < -0.39 is 5.97 Å². The number of nitrogens with one attached hydrogen (secondary N) is 1. The lowest BCUT2D eigenvalue weighted by Gasteiger charge is -2.08. The van der Waals surface area contributed by atoms with Crippen LogP contribution in [0.25, 0.3) is 0 Å². The molecule has 0 unspecified atom stereocenters. The zero-order valence-electron chi connectivity index (χ0n) is 16.4. The Labute approximate surface area is 182 Å². The number of hydrogen-bond acceptors (Lipinski definition) is 5. The van der Waals surface area contributed by atoms with Crippen LogP contribution in [0, 0.1) is 6.92 Å². The number of benzene rings is 3. The van der Waals surface area contributed by atoms with Gasteiger partial charge in [0.1, 0.15) is 11.5 Å². The largest absolute Gasteiger partial charge is 0.497 e. The SMILES string of the molecule is COc1ccc(C(=O)Oc2ccc(Br)cc2/C=N/NC(=O)c2ccc(C)cc2)cc1. The second-order valence-corrected chi connectivity index (χ2v) is 7.28. The van der Waals surface area contributed by atoms with Gasteiger partial charge in [0.05, 0.1) is 18.9 Å². The Kier molecular flexibility index (Phi) is 6.98. The van der Waals surface area contributed by atoms with Gasteiger partial charge in [-0.05, 0) is 61.5 Å². The lowest BCUT2D eigenvalue weighted by atomic mass is 10.1. The first kappa shape index (κ1) is 21.3. The summed E-state index contributed by atoms with van der Waals surface area (Å²) in [5.41, 5.74) is 4.94. The summed E-state index contributed by atoms with van der Waals surface area (Å²) in [6, 6.07) is 18.9. The van der Waals surface area contributed by atoms with E-state index in [0.29, 0.717) is 28.2 Å². The van der Waals surface area contributed by atoms with Crippen molar-refractivity contribution in [2.24, 2.45) is 5.10 Å². The highest BCUT2D eigenvalue weighted by Crippen LogP contribution is 2.23. The lowest BCUT2D eigenvalue weighted by Crippen LogP contribution is -2.17. The topological polar surface area (TPSA) is 77.0 Å². The number of halogens is 1. The van der Waals surface area contributed by atoms with Crippen LogP contribution in [0.3, 0.4) is 0 Å². The van der Waals surface area contributed by atoms with Crippen molar-refractivity contribution in [1.29, 1.82) is 0 Å². The van der Waals surface area contributed by atoms with Crippen LogP contribution in [-0.4, -0.2) is 25.2 Å². The molecule has 30 heavy (non-hydrogen) atoms. The van der Waals surface area contributed by atoms with Gasteiger partial charge in [0.15, 0.2) is 0 Å². The predicted octanol–water partition coefficient (Wildman–Crippen LogP) is 4.75. The molecule has 7 heteroatoms. The first-order chi connectivity index (χ1) is 14.5. The third kappa shape index (κ3) is 5.55.